The lowest BCUT2D eigenvalue weighted by Gasteiger charge is -2.05. The third kappa shape index (κ3) is 2.20. The van der Waals surface area contributed by atoms with Gasteiger partial charge in [0.1, 0.15) is 6.04 Å². The first kappa shape index (κ1) is 8.99. The largest absolute Gasteiger partial charge is 0.480 e. The first-order valence-corrected chi connectivity index (χ1v) is 4.39. The number of carbonyl (C=O) groups is 1. The van der Waals surface area contributed by atoms with Crippen molar-refractivity contribution in [1.29, 1.82) is 0 Å². The maximum absolute atomic E-state index is 10.4. The van der Waals surface area contributed by atoms with Gasteiger partial charge in [0.2, 0.25) is 0 Å². The minimum atomic E-state index is -0.872. The summed E-state index contributed by atoms with van der Waals surface area (Å²) in [5, 5.41) is 13.9. The van der Waals surface area contributed by atoms with Crippen molar-refractivity contribution in [1.82, 2.24) is 4.98 Å². The van der Waals surface area contributed by atoms with Crippen molar-refractivity contribution in [2.24, 2.45) is 0 Å². The molecule has 0 spiro atoms. The molecule has 0 radical (unpaired) electrons. The summed E-state index contributed by atoms with van der Waals surface area (Å²) in [4.78, 5) is 14.5. The molecule has 12 heavy (non-hydrogen) atoms. The van der Waals surface area contributed by atoms with Crippen molar-refractivity contribution in [3.63, 3.8) is 0 Å². The molecule has 66 valence electrons. The number of hydrogen-bond donors (Lipinski definition) is 2. The van der Waals surface area contributed by atoms with E-state index in [2.05, 4.69) is 10.3 Å². The molecule has 0 fully saturated rings. The Morgan fingerprint density at radius 2 is 2.50 bits per heavy atom. The van der Waals surface area contributed by atoms with Crippen LogP contribution in [0.1, 0.15) is 12.6 Å². The van der Waals surface area contributed by atoms with E-state index in [1.54, 1.807) is 6.92 Å². The van der Waals surface area contributed by atoms with Crippen LogP contribution in [0.3, 0.4) is 0 Å². The van der Waals surface area contributed by atoms with E-state index < -0.39 is 12.0 Å². The van der Waals surface area contributed by atoms with Gasteiger partial charge in [-0.05, 0) is 13.8 Å². The highest BCUT2D eigenvalue weighted by Gasteiger charge is 2.11. The number of aromatic nitrogens is 1. The van der Waals surface area contributed by atoms with Crippen LogP contribution < -0.4 is 5.32 Å². The van der Waals surface area contributed by atoms with Crippen LogP contribution in [0.15, 0.2) is 5.38 Å². The maximum Gasteiger partial charge on any atom is 0.325 e. The van der Waals surface area contributed by atoms with E-state index >= 15 is 0 Å². The normalized spacial score (nSPS) is 12.5. The number of anilines is 1. The van der Waals surface area contributed by atoms with Crippen molar-refractivity contribution in [2.75, 3.05) is 5.32 Å². The average Bonchev–Trinajstić information content (AvgIpc) is 2.35. The van der Waals surface area contributed by atoms with Crippen molar-refractivity contribution in [3.8, 4) is 0 Å². The minimum absolute atomic E-state index is 0.587. The Morgan fingerprint density at radius 3 is 2.92 bits per heavy atom. The van der Waals surface area contributed by atoms with Gasteiger partial charge >= 0.3 is 5.97 Å². The summed E-state index contributed by atoms with van der Waals surface area (Å²) in [6, 6.07) is -0.587. The summed E-state index contributed by atoms with van der Waals surface area (Å²) >= 11 is 1.41. The molecular weight excluding hydrogens is 176 g/mol. The van der Waals surface area contributed by atoms with Crippen LogP contribution in [0, 0.1) is 6.92 Å². The van der Waals surface area contributed by atoms with Gasteiger partial charge in [0.05, 0.1) is 5.69 Å². The van der Waals surface area contributed by atoms with Gasteiger partial charge in [-0.15, -0.1) is 11.3 Å². The average molecular weight is 186 g/mol. The van der Waals surface area contributed by atoms with E-state index in [0.717, 1.165) is 5.69 Å². The second kappa shape index (κ2) is 3.53. The quantitative estimate of drug-likeness (QED) is 0.747. The summed E-state index contributed by atoms with van der Waals surface area (Å²) in [7, 11) is 0. The number of nitrogens with zero attached hydrogens (tertiary/aromatic N) is 1. The molecule has 5 heteroatoms. The number of thiazole rings is 1. The van der Waals surface area contributed by atoms with Gasteiger partial charge in [-0.25, -0.2) is 4.98 Å². The number of nitrogens with one attached hydrogen (secondary N) is 1. The fourth-order valence-electron chi connectivity index (χ4n) is 0.667. The molecule has 0 aliphatic rings. The van der Waals surface area contributed by atoms with Gasteiger partial charge in [-0.1, -0.05) is 0 Å². The molecule has 0 unspecified atom stereocenters. The van der Waals surface area contributed by atoms with Gasteiger partial charge in [0.15, 0.2) is 5.13 Å². The molecule has 0 aliphatic heterocycles. The molecule has 1 aromatic rings. The summed E-state index contributed by atoms with van der Waals surface area (Å²) in [6.45, 7) is 3.45. The van der Waals surface area contributed by atoms with E-state index in [1.165, 1.54) is 11.3 Å². The predicted octanol–water partition coefficient (Wildman–Crippen LogP) is 1.34. The van der Waals surface area contributed by atoms with Crippen molar-refractivity contribution in [3.05, 3.63) is 11.1 Å². The Hall–Kier alpha value is -1.10. The Bertz CT molecular complexity index is 285. The van der Waals surface area contributed by atoms with Crippen molar-refractivity contribution in [2.45, 2.75) is 19.9 Å². The molecule has 1 heterocycles. The maximum atomic E-state index is 10.4. The highest BCUT2D eigenvalue weighted by Crippen LogP contribution is 2.15. The molecular formula is C7H10N2O2S. The first-order chi connectivity index (χ1) is 5.59. The second-order valence-electron chi connectivity index (χ2n) is 2.50. The summed E-state index contributed by atoms with van der Waals surface area (Å²) in [5.41, 5.74) is 0.903. The Labute approximate surface area is 74.3 Å². The molecule has 0 amide bonds. The van der Waals surface area contributed by atoms with Gasteiger partial charge in [-0.2, -0.15) is 0 Å². The lowest BCUT2D eigenvalue weighted by Crippen LogP contribution is -2.25. The van der Waals surface area contributed by atoms with Crippen LogP contribution >= 0.6 is 11.3 Å². The number of hydrogen-bond acceptors (Lipinski definition) is 4. The van der Waals surface area contributed by atoms with Crippen LogP contribution in [0.25, 0.3) is 0 Å². The van der Waals surface area contributed by atoms with E-state index in [0.29, 0.717) is 5.13 Å². The van der Waals surface area contributed by atoms with Gasteiger partial charge in [0, 0.05) is 5.38 Å². The van der Waals surface area contributed by atoms with Crippen LogP contribution in [0.2, 0.25) is 0 Å². The SMILES string of the molecule is Cc1csc(N[C@H](C)C(=O)O)n1. The Balaban J connectivity index is 2.58. The van der Waals surface area contributed by atoms with Gasteiger partial charge in [-0.3, -0.25) is 4.79 Å². The molecule has 1 aromatic heterocycles. The third-order valence-corrected chi connectivity index (χ3v) is 2.22. The van der Waals surface area contributed by atoms with Crippen molar-refractivity contribution >= 4 is 22.4 Å². The summed E-state index contributed by atoms with van der Waals surface area (Å²) in [6.07, 6.45) is 0. The number of aryl methyl sites for hydroxylation is 1. The summed E-state index contributed by atoms with van der Waals surface area (Å²) < 4.78 is 0. The zero-order valence-corrected chi connectivity index (χ0v) is 7.68. The lowest BCUT2D eigenvalue weighted by molar-refractivity contribution is -0.137. The van der Waals surface area contributed by atoms with E-state index in [1.807, 2.05) is 12.3 Å². The van der Waals surface area contributed by atoms with Crippen LogP contribution in [0.5, 0.6) is 0 Å². The van der Waals surface area contributed by atoms with E-state index in [4.69, 9.17) is 5.11 Å². The lowest BCUT2D eigenvalue weighted by atomic mass is 10.4. The van der Waals surface area contributed by atoms with Crippen LogP contribution in [0.4, 0.5) is 5.13 Å². The monoisotopic (exact) mass is 186 g/mol. The van der Waals surface area contributed by atoms with Gasteiger partial charge in [0.25, 0.3) is 0 Å². The van der Waals surface area contributed by atoms with E-state index in [9.17, 15) is 4.79 Å². The second-order valence-corrected chi connectivity index (χ2v) is 3.36. The molecule has 1 rings (SSSR count). The molecule has 0 aliphatic carbocycles. The standard InChI is InChI=1S/C7H10N2O2S/c1-4-3-12-7(8-4)9-5(2)6(10)11/h3,5H,1-2H3,(H,8,9)(H,10,11)/t5-/m1/s1. The van der Waals surface area contributed by atoms with Crippen molar-refractivity contribution < 1.29 is 9.90 Å². The summed E-state index contributed by atoms with van der Waals surface area (Å²) in [5.74, 6) is -0.872. The zero-order valence-electron chi connectivity index (χ0n) is 6.87. The van der Waals surface area contributed by atoms with E-state index in [-0.39, 0.29) is 0 Å². The number of rotatable bonds is 3. The minimum Gasteiger partial charge on any atom is -0.480 e. The highest BCUT2D eigenvalue weighted by atomic mass is 32.1. The fraction of sp³-hybridized carbons (Fsp3) is 0.429. The third-order valence-electron chi connectivity index (χ3n) is 1.33. The number of carboxylic acids is 1. The predicted molar refractivity (Wildman–Crippen MR) is 47.6 cm³/mol. The number of aliphatic carboxylic acids is 1. The van der Waals surface area contributed by atoms with Crippen LogP contribution in [-0.4, -0.2) is 22.1 Å². The molecule has 1 atom stereocenters. The Morgan fingerprint density at radius 1 is 1.83 bits per heavy atom. The highest BCUT2D eigenvalue weighted by molar-refractivity contribution is 7.13. The molecule has 4 nitrogen and oxygen atoms in total. The smallest absolute Gasteiger partial charge is 0.325 e. The molecule has 0 bridgehead atoms. The first-order valence-electron chi connectivity index (χ1n) is 3.51. The molecule has 0 aromatic carbocycles. The molecule has 0 saturated heterocycles. The van der Waals surface area contributed by atoms with Gasteiger partial charge < -0.3 is 10.4 Å². The van der Waals surface area contributed by atoms with Crippen LogP contribution in [-0.2, 0) is 4.79 Å². The zero-order chi connectivity index (χ0) is 9.14. The molecule has 0 saturated carbocycles. The Kier molecular flexibility index (Phi) is 2.65. The molecule has 2 N–H and O–H groups in total. The topological polar surface area (TPSA) is 62.2 Å². The number of carboxylic acid groups (broad SMARTS) is 1. The fourth-order valence-corrected chi connectivity index (χ4v) is 1.44.